The van der Waals surface area contributed by atoms with Crippen molar-refractivity contribution in [3.63, 3.8) is 0 Å². The van der Waals surface area contributed by atoms with Gasteiger partial charge in [0, 0.05) is 12.1 Å². The Balaban J connectivity index is 1.94. The summed E-state index contributed by atoms with van der Waals surface area (Å²) in [6.45, 7) is 0.343. The van der Waals surface area contributed by atoms with Gasteiger partial charge in [0.1, 0.15) is 4.83 Å². The molecule has 2 heterocycles. The number of nitro benzene ring substituents is 1. The summed E-state index contributed by atoms with van der Waals surface area (Å²) >= 11 is 1.42. The van der Waals surface area contributed by atoms with E-state index in [4.69, 9.17) is 0 Å². The van der Waals surface area contributed by atoms with Crippen LogP contribution in [0.2, 0.25) is 0 Å². The molecule has 1 aromatic carbocycles. The van der Waals surface area contributed by atoms with Crippen molar-refractivity contribution in [3.05, 3.63) is 68.1 Å². The number of fused-ring (bicyclic) bond motifs is 1. The maximum atomic E-state index is 12.2. The van der Waals surface area contributed by atoms with E-state index in [1.54, 1.807) is 18.2 Å². The van der Waals surface area contributed by atoms with E-state index in [-0.39, 0.29) is 11.2 Å². The summed E-state index contributed by atoms with van der Waals surface area (Å²) in [5.41, 5.74) is 0.746. The SMILES string of the molecule is O=c1c2ccsc2ncn1Cc1ccc([N+](=O)[O-])cc1. The summed E-state index contributed by atoms with van der Waals surface area (Å²) < 4.78 is 1.50. The number of non-ortho nitro benzene ring substituents is 1. The molecule has 0 atom stereocenters. The zero-order chi connectivity index (χ0) is 14.1. The minimum atomic E-state index is -0.449. The molecule has 0 unspecified atom stereocenters. The van der Waals surface area contributed by atoms with Crippen LogP contribution in [0.1, 0.15) is 5.56 Å². The second-order valence-corrected chi connectivity index (χ2v) is 5.14. The normalized spacial score (nSPS) is 10.8. The zero-order valence-corrected chi connectivity index (χ0v) is 11.0. The molecule has 0 aliphatic rings. The molecule has 7 heteroatoms. The van der Waals surface area contributed by atoms with Crippen molar-refractivity contribution >= 4 is 27.2 Å². The first kappa shape index (κ1) is 12.5. The lowest BCUT2D eigenvalue weighted by atomic mass is 10.2. The van der Waals surface area contributed by atoms with Crippen LogP contribution < -0.4 is 5.56 Å². The molecule has 3 rings (SSSR count). The Bertz CT molecular complexity index is 836. The maximum absolute atomic E-state index is 12.2. The first-order valence-corrected chi connectivity index (χ1v) is 6.69. The highest BCUT2D eigenvalue weighted by Gasteiger charge is 2.07. The Kier molecular flexibility index (Phi) is 3.03. The van der Waals surface area contributed by atoms with Gasteiger partial charge in [0.25, 0.3) is 11.2 Å². The number of benzene rings is 1. The van der Waals surface area contributed by atoms with Crippen molar-refractivity contribution in [3.8, 4) is 0 Å². The topological polar surface area (TPSA) is 78.0 Å². The predicted octanol–water partition coefficient (Wildman–Crippen LogP) is 2.41. The van der Waals surface area contributed by atoms with Crippen molar-refractivity contribution < 1.29 is 4.92 Å². The number of aromatic nitrogens is 2. The Labute approximate surface area is 117 Å². The Hall–Kier alpha value is -2.54. The van der Waals surface area contributed by atoms with E-state index in [9.17, 15) is 14.9 Å². The van der Waals surface area contributed by atoms with E-state index >= 15 is 0 Å². The minimum Gasteiger partial charge on any atom is -0.294 e. The van der Waals surface area contributed by atoms with Crippen LogP contribution in [0.5, 0.6) is 0 Å². The van der Waals surface area contributed by atoms with Gasteiger partial charge in [0.2, 0.25) is 0 Å². The van der Waals surface area contributed by atoms with Crippen molar-refractivity contribution in [2.24, 2.45) is 0 Å². The fourth-order valence-electron chi connectivity index (χ4n) is 1.93. The van der Waals surface area contributed by atoms with Crippen LogP contribution in [0, 0.1) is 10.1 Å². The lowest BCUT2D eigenvalue weighted by Gasteiger charge is -2.05. The highest BCUT2D eigenvalue weighted by atomic mass is 32.1. The molecule has 0 fully saturated rings. The fourth-order valence-corrected chi connectivity index (χ4v) is 2.65. The number of hydrogen-bond donors (Lipinski definition) is 0. The minimum absolute atomic E-state index is 0.0347. The average Bonchev–Trinajstić information content (AvgIpc) is 2.92. The predicted molar refractivity (Wildman–Crippen MR) is 76.1 cm³/mol. The maximum Gasteiger partial charge on any atom is 0.269 e. The second kappa shape index (κ2) is 4.86. The monoisotopic (exact) mass is 287 g/mol. The molecular weight excluding hydrogens is 278 g/mol. The summed E-state index contributed by atoms with van der Waals surface area (Å²) in [6.07, 6.45) is 1.50. The van der Waals surface area contributed by atoms with Crippen molar-refractivity contribution in [1.82, 2.24) is 9.55 Å². The number of thiophene rings is 1. The number of nitro groups is 1. The quantitative estimate of drug-likeness (QED) is 0.547. The molecular formula is C13H9N3O3S. The molecule has 2 aromatic heterocycles. The molecule has 6 nitrogen and oxygen atoms in total. The molecule has 0 radical (unpaired) electrons. The molecule has 0 spiro atoms. The van der Waals surface area contributed by atoms with Crippen LogP contribution in [0.25, 0.3) is 10.2 Å². The summed E-state index contributed by atoms with van der Waals surface area (Å²) in [5, 5.41) is 13.0. The number of rotatable bonds is 3. The molecule has 0 saturated heterocycles. The van der Waals surface area contributed by atoms with Crippen molar-refractivity contribution in [2.75, 3.05) is 0 Å². The number of hydrogen-bond acceptors (Lipinski definition) is 5. The van der Waals surface area contributed by atoms with Crippen molar-refractivity contribution in [2.45, 2.75) is 6.54 Å². The van der Waals surface area contributed by atoms with Crippen LogP contribution in [0.4, 0.5) is 5.69 Å². The standard InChI is InChI=1S/C13H9N3O3S/c17-13-11-5-6-20-12(11)14-8-15(13)7-9-1-3-10(4-2-9)16(18)19/h1-6,8H,7H2. The van der Waals surface area contributed by atoms with E-state index in [1.165, 1.54) is 34.4 Å². The molecule has 0 aliphatic heterocycles. The summed E-state index contributed by atoms with van der Waals surface area (Å²) in [7, 11) is 0. The van der Waals surface area contributed by atoms with Gasteiger partial charge < -0.3 is 0 Å². The van der Waals surface area contributed by atoms with Crippen LogP contribution in [-0.4, -0.2) is 14.5 Å². The van der Waals surface area contributed by atoms with Gasteiger partial charge in [0.15, 0.2) is 0 Å². The van der Waals surface area contributed by atoms with Crippen LogP contribution >= 0.6 is 11.3 Å². The smallest absolute Gasteiger partial charge is 0.269 e. The number of nitrogens with zero attached hydrogens (tertiary/aromatic N) is 3. The van der Waals surface area contributed by atoms with Crippen LogP contribution in [-0.2, 0) is 6.54 Å². The highest BCUT2D eigenvalue weighted by molar-refractivity contribution is 7.16. The lowest BCUT2D eigenvalue weighted by molar-refractivity contribution is -0.384. The molecule has 0 amide bonds. The van der Waals surface area contributed by atoms with Gasteiger partial charge in [-0.3, -0.25) is 19.5 Å². The highest BCUT2D eigenvalue weighted by Crippen LogP contribution is 2.15. The van der Waals surface area contributed by atoms with Crippen LogP contribution in [0.15, 0.2) is 46.8 Å². The van der Waals surface area contributed by atoms with Gasteiger partial charge in [0.05, 0.1) is 23.2 Å². The van der Waals surface area contributed by atoms with Gasteiger partial charge in [-0.15, -0.1) is 11.3 Å². The first-order chi connectivity index (χ1) is 9.65. The molecule has 100 valence electrons. The Morgan fingerprint density at radius 2 is 2.00 bits per heavy atom. The van der Waals surface area contributed by atoms with Crippen LogP contribution in [0.3, 0.4) is 0 Å². The molecule has 0 bridgehead atoms. The third-order valence-corrected chi connectivity index (χ3v) is 3.77. The molecule has 0 saturated carbocycles. The molecule has 20 heavy (non-hydrogen) atoms. The van der Waals surface area contributed by atoms with E-state index < -0.39 is 4.92 Å². The molecule has 0 aliphatic carbocycles. The Morgan fingerprint density at radius 1 is 1.25 bits per heavy atom. The van der Waals surface area contributed by atoms with E-state index in [2.05, 4.69) is 4.98 Å². The second-order valence-electron chi connectivity index (χ2n) is 4.24. The lowest BCUT2D eigenvalue weighted by Crippen LogP contribution is -2.20. The fraction of sp³-hybridized carbons (Fsp3) is 0.0769. The van der Waals surface area contributed by atoms with Gasteiger partial charge in [-0.05, 0) is 17.0 Å². The average molecular weight is 287 g/mol. The summed E-state index contributed by atoms with van der Waals surface area (Å²) in [5.74, 6) is 0. The molecule has 3 aromatic rings. The first-order valence-electron chi connectivity index (χ1n) is 5.81. The summed E-state index contributed by atoms with van der Waals surface area (Å²) in [4.78, 5) is 27.3. The van der Waals surface area contributed by atoms with Gasteiger partial charge >= 0.3 is 0 Å². The zero-order valence-electron chi connectivity index (χ0n) is 10.2. The largest absolute Gasteiger partial charge is 0.294 e. The van der Waals surface area contributed by atoms with E-state index in [1.807, 2.05) is 5.38 Å². The Morgan fingerprint density at radius 3 is 2.70 bits per heavy atom. The van der Waals surface area contributed by atoms with Gasteiger partial charge in [-0.25, -0.2) is 4.98 Å². The van der Waals surface area contributed by atoms with Crippen molar-refractivity contribution in [1.29, 1.82) is 0 Å². The van der Waals surface area contributed by atoms with Gasteiger partial charge in [-0.2, -0.15) is 0 Å². The molecule has 0 N–H and O–H groups in total. The summed E-state index contributed by atoms with van der Waals surface area (Å²) in [6, 6.07) is 7.89. The third-order valence-electron chi connectivity index (χ3n) is 2.95. The third kappa shape index (κ3) is 2.19. The van der Waals surface area contributed by atoms with Gasteiger partial charge in [-0.1, -0.05) is 12.1 Å². The van der Waals surface area contributed by atoms with E-state index in [0.717, 1.165) is 10.4 Å². The van der Waals surface area contributed by atoms with E-state index in [0.29, 0.717) is 11.9 Å².